The van der Waals surface area contributed by atoms with Gasteiger partial charge in [0, 0.05) is 62.7 Å². The van der Waals surface area contributed by atoms with Crippen molar-refractivity contribution in [2.45, 2.75) is 6.43 Å². The molecule has 0 atom stereocenters. The first-order chi connectivity index (χ1) is 10.1. The maximum Gasteiger partial charge on any atom is 0.270 e. The van der Waals surface area contributed by atoms with Crippen molar-refractivity contribution in [3.05, 3.63) is 33.9 Å². The molecule has 1 aromatic carbocycles. The van der Waals surface area contributed by atoms with E-state index in [-0.39, 0.29) is 16.9 Å². The molecule has 0 saturated carbocycles. The van der Waals surface area contributed by atoms with Gasteiger partial charge in [0.05, 0.1) is 4.92 Å². The van der Waals surface area contributed by atoms with Crippen molar-refractivity contribution in [1.29, 1.82) is 0 Å². The number of hydrogen-bond donors (Lipinski definition) is 2. The number of piperazine rings is 1. The Balaban J connectivity index is 1.96. The monoisotopic (exact) mass is 300 g/mol. The van der Waals surface area contributed by atoms with Gasteiger partial charge in [-0.1, -0.05) is 0 Å². The second-order valence-electron chi connectivity index (χ2n) is 4.85. The van der Waals surface area contributed by atoms with Gasteiger partial charge < -0.3 is 10.6 Å². The maximum absolute atomic E-state index is 13.0. The molecule has 1 aliphatic heterocycles. The zero-order valence-electron chi connectivity index (χ0n) is 11.5. The zero-order valence-corrected chi connectivity index (χ0v) is 11.5. The van der Waals surface area contributed by atoms with Crippen molar-refractivity contribution < 1.29 is 13.7 Å². The summed E-state index contributed by atoms with van der Waals surface area (Å²) in [6, 6.07) is 3.51. The Morgan fingerprint density at radius 3 is 2.71 bits per heavy atom. The molecule has 0 spiro atoms. The molecule has 1 heterocycles. The van der Waals surface area contributed by atoms with Gasteiger partial charge in [-0.3, -0.25) is 15.0 Å². The molecular weight excluding hydrogens is 282 g/mol. The first kappa shape index (κ1) is 15.6. The molecule has 21 heavy (non-hydrogen) atoms. The average Bonchev–Trinajstić information content (AvgIpc) is 2.48. The quantitative estimate of drug-likeness (QED) is 0.620. The summed E-state index contributed by atoms with van der Waals surface area (Å²) in [6.45, 7) is 5.01. The van der Waals surface area contributed by atoms with Crippen LogP contribution in [-0.4, -0.2) is 49.1 Å². The number of non-ortho nitro benzene ring substituents is 1. The second kappa shape index (κ2) is 7.28. The summed E-state index contributed by atoms with van der Waals surface area (Å²) >= 11 is 0. The van der Waals surface area contributed by atoms with Crippen molar-refractivity contribution >= 4 is 11.4 Å². The van der Waals surface area contributed by atoms with E-state index in [1.54, 1.807) is 0 Å². The lowest BCUT2D eigenvalue weighted by atomic mass is 10.1. The van der Waals surface area contributed by atoms with Gasteiger partial charge in [-0.25, -0.2) is 8.78 Å². The number of halogens is 2. The number of alkyl halides is 2. The molecule has 0 aliphatic carbocycles. The van der Waals surface area contributed by atoms with Crippen LogP contribution in [0.15, 0.2) is 18.2 Å². The van der Waals surface area contributed by atoms with Gasteiger partial charge in [0.1, 0.15) is 0 Å². The average molecular weight is 300 g/mol. The fourth-order valence-corrected chi connectivity index (χ4v) is 2.29. The van der Waals surface area contributed by atoms with Gasteiger partial charge in [0.2, 0.25) is 0 Å². The zero-order chi connectivity index (χ0) is 15.2. The summed E-state index contributed by atoms with van der Waals surface area (Å²) in [4.78, 5) is 12.2. The molecule has 2 N–H and O–H groups in total. The summed E-state index contributed by atoms with van der Waals surface area (Å²) in [5.74, 6) is 0. The molecule has 8 heteroatoms. The van der Waals surface area contributed by atoms with Crippen LogP contribution < -0.4 is 10.6 Å². The van der Waals surface area contributed by atoms with E-state index in [0.29, 0.717) is 6.54 Å². The first-order valence-electron chi connectivity index (χ1n) is 6.81. The molecule has 1 fully saturated rings. The molecule has 1 aromatic rings. The maximum atomic E-state index is 13.0. The van der Waals surface area contributed by atoms with Gasteiger partial charge >= 0.3 is 0 Å². The third kappa shape index (κ3) is 4.33. The van der Waals surface area contributed by atoms with Gasteiger partial charge in [-0.05, 0) is 6.07 Å². The van der Waals surface area contributed by atoms with Crippen LogP contribution in [0.1, 0.15) is 12.0 Å². The van der Waals surface area contributed by atoms with Crippen molar-refractivity contribution in [2.75, 3.05) is 44.6 Å². The molecule has 0 unspecified atom stereocenters. The highest BCUT2D eigenvalue weighted by Crippen LogP contribution is 2.30. The highest BCUT2D eigenvalue weighted by Gasteiger charge is 2.18. The lowest BCUT2D eigenvalue weighted by Gasteiger charge is -2.27. The Labute approximate surface area is 121 Å². The van der Waals surface area contributed by atoms with Crippen LogP contribution in [0, 0.1) is 10.1 Å². The third-order valence-corrected chi connectivity index (χ3v) is 3.43. The number of hydrogen-bond acceptors (Lipinski definition) is 5. The lowest BCUT2D eigenvalue weighted by Crippen LogP contribution is -2.45. The number of benzene rings is 1. The summed E-state index contributed by atoms with van der Waals surface area (Å²) in [5.41, 5.74) is -0.395. The van der Waals surface area contributed by atoms with E-state index < -0.39 is 11.3 Å². The summed E-state index contributed by atoms with van der Waals surface area (Å²) < 4.78 is 25.9. The first-order valence-corrected chi connectivity index (χ1v) is 6.81. The normalized spacial score (nSPS) is 16.1. The predicted octanol–water partition coefficient (Wildman–Crippen LogP) is 1.85. The lowest BCUT2D eigenvalue weighted by molar-refractivity contribution is -0.385. The van der Waals surface area contributed by atoms with Gasteiger partial charge in [0.15, 0.2) is 0 Å². The SMILES string of the molecule is O=[N+]([O-])c1ccc(NCCN2CCNCC2)c(C(F)F)c1. The topological polar surface area (TPSA) is 70.4 Å². The highest BCUT2D eigenvalue weighted by atomic mass is 19.3. The van der Waals surface area contributed by atoms with E-state index in [1.807, 2.05) is 0 Å². The molecule has 116 valence electrons. The third-order valence-electron chi connectivity index (χ3n) is 3.43. The van der Waals surface area contributed by atoms with E-state index in [1.165, 1.54) is 12.1 Å². The summed E-state index contributed by atoms with van der Waals surface area (Å²) in [5, 5.41) is 16.8. The molecule has 0 amide bonds. The number of nitrogens with zero attached hydrogens (tertiary/aromatic N) is 2. The minimum atomic E-state index is -2.74. The van der Waals surface area contributed by atoms with Gasteiger partial charge in [0.25, 0.3) is 12.1 Å². The van der Waals surface area contributed by atoms with E-state index >= 15 is 0 Å². The van der Waals surface area contributed by atoms with Crippen LogP contribution in [0.3, 0.4) is 0 Å². The standard InChI is InChI=1S/C13H18F2N4O2/c14-13(15)11-9-10(19(20)21)1-2-12(11)17-5-8-18-6-3-16-4-7-18/h1-2,9,13,16-17H,3-8H2. The van der Waals surface area contributed by atoms with Gasteiger partial charge in [-0.15, -0.1) is 0 Å². The Hall–Kier alpha value is -1.80. The minimum Gasteiger partial charge on any atom is -0.383 e. The minimum absolute atomic E-state index is 0.255. The fraction of sp³-hybridized carbons (Fsp3) is 0.538. The Morgan fingerprint density at radius 2 is 2.10 bits per heavy atom. The molecule has 0 radical (unpaired) electrons. The van der Waals surface area contributed by atoms with Crippen LogP contribution in [0.25, 0.3) is 0 Å². The predicted molar refractivity (Wildman–Crippen MR) is 75.9 cm³/mol. The fourth-order valence-electron chi connectivity index (χ4n) is 2.29. The van der Waals surface area contributed by atoms with Gasteiger partial charge in [-0.2, -0.15) is 0 Å². The second-order valence-corrected chi connectivity index (χ2v) is 4.85. The van der Waals surface area contributed by atoms with Crippen LogP contribution >= 0.6 is 0 Å². The van der Waals surface area contributed by atoms with Crippen LogP contribution in [0.2, 0.25) is 0 Å². The van der Waals surface area contributed by atoms with Crippen molar-refractivity contribution in [3.8, 4) is 0 Å². The van der Waals surface area contributed by atoms with E-state index in [9.17, 15) is 18.9 Å². The molecular formula is C13H18F2N4O2. The smallest absolute Gasteiger partial charge is 0.270 e. The Bertz CT molecular complexity index is 493. The Morgan fingerprint density at radius 1 is 1.38 bits per heavy atom. The molecule has 0 aromatic heterocycles. The summed E-state index contributed by atoms with van der Waals surface area (Å²) in [7, 11) is 0. The van der Waals surface area contributed by atoms with E-state index in [4.69, 9.17) is 0 Å². The number of nitrogens with one attached hydrogen (secondary N) is 2. The number of nitro benzene ring substituents is 1. The van der Waals surface area contributed by atoms with E-state index in [0.717, 1.165) is 38.8 Å². The number of nitro groups is 1. The van der Waals surface area contributed by atoms with Crippen molar-refractivity contribution in [1.82, 2.24) is 10.2 Å². The molecule has 0 bridgehead atoms. The molecule has 1 aliphatic rings. The van der Waals surface area contributed by atoms with E-state index in [2.05, 4.69) is 15.5 Å². The molecule has 6 nitrogen and oxygen atoms in total. The molecule has 2 rings (SSSR count). The van der Waals surface area contributed by atoms with Crippen LogP contribution in [-0.2, 0) is 0 Å². The van der Waals surface area contributed by atoms with Crippen molar-refractivity contribution in [2.24, 2.45) is 0 Å². The summed E-state index contributed by atoms with van der Waals surface area (Å²) in [6.07, 6.45) is -2.74. The largest absolute Gasteiger partial charge is 0.383 e. The van der Waals surface area contributed by atoms with Crippen LogP contribution in [0.4, 0.5) is 20.2 Å². The Kier molecular flexibility index (Phi) is 5.40. The van der Waals surface area contributed by atoms with Crippen LogP contribution in [0.5, 0.6) is 0 Å². The highest BCUT2D eigenvalue weighted by molar-refractivity contribution is 5.56. The number of rotatable bonds is 6. The molecule has 1 saturated heterocycles. The number of anilines is 1. The van der Waals surface area contributed by atoms with Crippen molar-refractivity contribution in [3.63, 3.8) is 0 Å².